The number of fused-ring (bicyclic) bond motifs is 1. The molecule has 1 aromatic heterocycles. The lowest BCUT2D eigenvalue weighted by Gasteiger charge is -2.34. The molecule has 1 aliphatic rings. The number of aromatic hydroxyl groups is 1. The fraction of sp³-hybridized carbons (Fsp3) is 0.500. The minimum absolute atomic E-state index is 0.0102. The molecule has 41 heavy (non-hydrogen) atoms. The van der Waals surface area contributed by atoms with Crippen molar-refractivity contribution in [2.75, 3.05) is 26.7 Å². The van der Waals surface area contributed by atoms with Gasteiger partial charge in [-0.1, -0.05) is 75.6 Å². The molecule has 8 nitrogen and oxygen atoms in total. The maximum absolute atomic E-state index is 13.2. The predicted octanol–water partition coefficient (Wildman–Crippen LogP) is 7.26. The number of hydrogen-bond donors (Lipinski definition) is 2. The van der Waals surface area contributed by atoms with Crippen molar-refractivity contribution < 1.29 is 28.9 Å². The van der Waals surface area contributed by atoms with Gasteiger partial charge in [-0.25, -0.2) is 4.79 Å². The molecular weight excluding hydrogens is 546 g/mol. The summed E-state index contributed by atoms with van der Waals surface area (Å²) in [6, 6.07) is 9.44. The minimum Gasteiger partial charge on any atom is -0.507 e. The highest BCUT2D eigenvalue weighted by molar-refractivity contribution is 6.33. The van der Waals surface area contributed by atoms with E-state index in [1.807, 2.05) is 11.9 Å². The van der Waals surface area contributed by atoms with Crippen LogP contribution in [0.1, 0.15) is 76.2 Å². The Bertz CT molecular complexity index is 1390. The molecule has 0 bridgehead atoms. The molecule has 1 fully saturated rings. The van der Waals surface area contributed by atoms with E-state index in [0.29, 0.717) is 35.7 Å². The molecule has 2 N–H and O–H groups in total. The number of carbonyl (C=O) groups is 1. The molecule has 0 radical (unpaired) electrons. The van der Waals surface area contributed by atoms with Crippen LogP contribution in [0, 0.1) is 0 Å². The zero-order valence-corrected chi connectivity index (χ0v) is 24.6. The first-order chi connectivity index (χ1) is 19.8. The van der Waals surface area contributed by atoms with Gasteiger partial charge < -0.3 is 29.0 Å². The number of benzene rings is 2. The monoisotopic (exact) mass is 585 g/mol. The van der Waals surface area contributed by atoms with Gasteiger partial charge in [0.15, 0.2) is 5.43 Å². The van der Waals surface area contributed by atoms with E-state index >= 15 is 0 Å². The number of halogens is 1. The van der Waals surface area contributed by atoms with Crippen LogP contribution in [0.4, 0.5) is 4.79 Å². The quantitative estimate of drug-likeness (QED) is 0.130. The lowest BCUT2D eigenvalue weighted by atomic mass is 9.85. The zero-order chi connectivity index (χ0) is 29.4. The smallest absolute Gasteiger partial charge is 0.507 e. The Balaban J connectivity index is 1.61. The number of aliphatic hydroxyl groups excluding tert-OH is 1. The van der Waals surface area contributed by atoms with Crippen LogP contribution in [0.25, 0.3) is 22.3 Å². The molecule has 1 aliphatic heterocycles. The second-order valence-corrected chi connectivity index (χ2v) is 11.3. The van der Waals surface area contributed by atoms with Crippen molar-refractivity contribution >= 4 is 28.7 Å². The first-order valence-electron chi connectivity index (χ1n) is 14.6. The Labute approximate surface area is 245 Å². The van der Waals surface area contributed by atoms with Crippen LogP contribution in [-0.4, -0.2) is 54.1 Å². The molecule has 0 saturated carbocycles. The molecule has 4 rings (SSSR count). The molecule has 0 spiro atoms. The number of nitrogens with zero attached hydrogens (tertiary/aromatic N) is 1. The Morgan fingerprint density at radius 1 is 1.10 bits per heavy atom. The molecular formula is C32H40ClNO7. The molecule has 222 valence electrons. The average molecular weight is 586 g/mol. The van der Waals surface area contributed by atoms with E-state index in [1.165, 1.54) is 44.2 Å². The summed E-state index contributed by atoms with van der Waals surface area (Å²) in [7, 11) is 1.91. The van der Waals surface area contributed by atoms with Gasteiger partial charge in [-0.2, -0.15) is 0 Å². The van der Waals surface area contributed by atoms with Gasteiger partial charge in [0.25, 0.3) is 0 Å². The van der Waals surface area contributed by atoms with Crippen LogP contribution in [0.15, 0.2) is 45.6 Å². The number of likely N-dealkylation sites (N-methyl/N-ethyl adjacent to an activating group) is 1. The highest BCUT2D eigenvalue weighted by atomic mass is 35.5. The number of rotatable bonds is 12. The number of likely N-dealkylation sites (tertiary alicyclic amines) is 1. The number of carbonyl (C=O) groups excluding carboxylic acids is 1. The number of ether oxygens (including phenoxy) is 2. The third-order valence-electron chi connectivity index (χ3n) is 7.69. The Morgan fingerprint density at radius 2 is 1.80 bits per heavy atom. The first kappa shape index (κ1) is 30.9. The molecule has 0 amide bonds. The Morgan fingerprint density at radius 3 is 2.51 bits per heavy atom. The largest absolute Gasteiger partial charge is 0.513 e. The predicted molar refractivity (Wildman–Crippen MR) is 160 cm³/mol. The van der Waals surface area contributed by atoms with Gasteiger partial charge in [0.1, 0.15) is 28.2 Å². The van der Waals surface area contributed by atoms with Gasteiger partial charge in [0.2, 0.25) is 0 Å². The lowest BCUT2D eigenvalue weighted by Crippen LogP contribution is -2.40. The molecule has 2 heterocycles. The summed E-state index contributed by atoms with van der Waals surface area (Å²) < 4.78 is 17.2. The summed E-state index contributed by atoms with van der Waals surface area (Å²) in [5.41, 5.74) is 0.408. The summed E-state index contributed by atoms with van der Waals surface area (Å²) in [6.45, 7) is 3.46. The second kappa shape index (κ2) is 14.7. The van der Waals surface area contributed by atoms with Crippen LogP contribution in [0.2, 0.25) is 5.02 Å². The van der Waals surface area contributed by atoms with Crippen LogP contribution in [0.5, 0.6) is 11.5 Å². The fourth-order valence-electron chi connectivity index (χ4n) is 5.48. The highest BCUT2D eigenvalue weighted by Crippen LogP contribution is 2.43. The van der Waals surface area contributed by atoms with E-state index in [9.17, 15) is 19.8 Å². The summed E-state index contributed by atoms with van der Waals surface area (Å²) in [6.07, 6.45) is 7.68. The maximum Gasteiger partial charge on any atom is 0.513 e. The van der Waals surface area contributed by atoms with Gasteiger partial charge in [0, 0.05) is 35.7 Å². The topological polar surface area (TPSA) is 109 Å². The highest BCUT2D eigenvalue weighted by Gasteiger charge is 2.34. The van der Waals surface area contributed by atoms with Crippen molar-refractivity contribution in [3.63, 3.8) is 0 Å². The van der Waals surface area contributed by atoms with Gasteiger partial charge in [-0.3, -0.25) is 4.79 Å². The summed E-state index contributed by atoms with van der Waals surface area (Å²) in [4.78, 5) is 28.0. The number of hydrogen-bond acceptors (Lipinski definition) is 8. The van der Waals surface area contributed by atoms with E-state index in [2.05, 4.69) is 6.92 Å². The van der Waals surface area contributed by atoms with E-state index < -0.39 is 29.4 Å². The van der Waals surface area contributed by atoms with Crippen LogP contribution < -0.4 is 10.2 Å². The third-order valence-corrected chi connectivity index (χ3v) is 8.02. The van der Waals surface area contributed by atoms with E-state index in [4.69, 9.17) is 25.5 Å². The number of phenols is 1. The third kappa shape index (κ3) is 7.82. The van der Waals surface area contributed by atoms with Crippen molar-refractivity contribution in [1.82, 2.24) is 4.90 Å². The van der Waals surface area contributed by atoms with Crippen LogP contribution in [-0.2, 0) is 4.74 Å². The molecule has 1 saturated heterocycles. The molecule has 2 aromatic carbocycles. The molecule has 3 aromatic rings. The standard InChI is InChI=1S/C32H40ClNO7/c1-3-4-5-6-7-8-9-12-17-39-32(38)41-28-19-25(36)30-24(35)18-27(21-13-10-11-14-23(21)33)40-31(30)29(28)22-15-16-34(2)20-26(22)37/h10-11,13-14,18-19,22,26,36-37H,3-9,12,15-17,20H2,1-2H3/t22?,26-/m0/s1. The SMILES string of the molecule is CCCCCCCCCCOC(=O)Oc1cc(O)c2c(=O)cc(-c3ccccc3Cl)oc2c1C1CCN(C)C[C@@H]1O. The molecule has 9 heteroatoms. The molecule has 0 aliphatic carbocycles. The normalized spacial score (nSPS) is 17.6. The van der Waals surface area contributed by atoms with Crippen molar-refractivity contribution in [2.45, 2.75) is 76.7 Å². The molecule has 1 unspecified atom stereocenters. The Kier molecular flexibility index (Phi) is 11.1. The number of piperidine rings is 1. The van der Waals surface area contributed by atoms with Gasteiger partial charge in [-0.05, 0) is 38.6 Å². The number of aliphatic hydroxyl groups is 1. The number of phenolic OH excluding ortho intramolecular Hbond substituents is 1. The Hall–Kier alpha value is -3.07. The molecule has 2 atom stereocenters. The van der Waals surface area contributed by atoms with Gasteiger partial charge >= 0.3 is 6.16 Å². The van der Waals surface area contributed by atoms with E-state index in [-0.39, 0.29) is 29.1 Å². The van der Waals surface area contributed by atoms with E-state index in [1.54, 1.807) is 24.3 Å². The number of β-amino-alcohol motifs (C(OH)–C–C–N with tert-alkyl or cyclic N) is 1. The van der Waals surface area contributed by atoms with Crippen molar-refractivity contribution in [2.24, 2.45) is 0 Å². The maximum atomic E-state index is 13.2. The first-order valence-corrected chi connectivity index (χ1v) is 15.0. The van der Waals surface area contributed by atoms with Gasteiger partial charge in [0.05, 0.1) is 17.7 Å². The summed E-state index contributed by atoms with van der Waals surface area (Å²) in [5, 5.41) is 22.2. The van der Waals surface area contributed by atoms with Crippen LogP contribution in [0.3, 0.4) is 0 Å². The second-order valence-electron chi connectivity index (χ2n) is 10.9. The minimum atomic E-state index is -0.917. The van der Waals surface area contributed by atoms with Crippen molar-refractivity contribution in [1.29, 1.82) is 0 Å². The zero-order valence-electron chi connectivity index (χ0n) is 23.9. The summed E-state index contributed by atoms with van der Waals surface area (Å²) in [5.74, 6) is -0.722. The van der Waals surface area contributed by atoms with Gasteiger partial charge in [-0.15, -0.1) is 0 Å². The average Bonchev–Trinajstić information content (AvgIpc) is 2.93. The summed E-state index contributed by atoms with van der Waals surface area (Å²) >= 11 is 6.39. The fourth-order valence-corrected chi connectivity index (χ4v) is 5.71. The van der Waals surface area contributed by atoms with E-state index in [0.717, 1.165) is 19.3 Å². The number of unbranched alkanes of at least 4 members (excludes halogenated alkanes) is 7. The van der Waals surface area contributed by atoms with Crippen molar-refractivity contribution in [3.8, 4) is 22.8 Å². The van der Waals surface area contributed by atoms with Crippen LogP contribution >= 0.6 is 11.6 Å². The van der Waals surface area contributed by atoms with Crippen molar-refractivity contribution in [3.05, 3.63) is 57.2 Å². The lowest BCUT2D eigenvalue weighted by molar-refractivity contribution is 0.0616.